The summed E-state index contributed by atoms with van der Waals surface area (Å²) in [6.07, 6.45) is 0.0685. The number of ether oxygens (including phenoxy) is 1. The highest BCUT2D eigenvalue weighted by atomic mass is 19.1. The van der Waals surface area contributed by atoms with Gasteiger partial charge in [0, 0.05) is 37.8 Å². The Morgan fingerprint density at radius 1 is 1.07 bits per heavy atom. The third-order valence-corrected chi connectivity index (χ3v) is 6.31. The van der Waals surface area contributed by atoms with Crippen molar-refractivity contribution >= 4 is 17.6 Å². The lowest BCUT2D eigenvalue weighted by Crippen LogP contribution is -2.63. The molecule has 0 aromatic heterocycles. The summed E-state index contributed by atoms with van der Waals surface area (Å²) < 4.78 is 18.6. The van der Waals surface area contributed by atoms with Crippen molar-refractivity contribution in [2.75, 3.05) is 50.8 Å². The van der Waals surface area contributed by atoms with E-state index in [2.05, 4.69) is 17.4 Å². The van der Waals surface area contributed by atoms with E-state index in [0.29, 0.717) is 45.2 Å². The molecule has 7 nitrogen and oxygen atoms in total. The van der Waals surface area contributed by atoms with Crippen LogP contribution in [0.15, 0.2) is 24.3 Å². The highest BCUT2D eigenvalue weighted by molar-refractivity contribution is 5.79. The van der Waals surface area contributed by atoms with Crippen molar-refractivity contribution in [2.24, 2.45) is 0 Å². The molecular weight excluding hydrogens is 363 g/mol. The van der Waals surface area contributed by atoms with Crippen LogP contribution in [-0.2, 0) is 9.53 Å². The van der Waals surface area contributed by atoms with Crippen LogP contribution in [0, 0.1) is 0 Å². The molecule has 4 heterocycles. The van der Waals surface area contributed by atoms with Gasteiger partial charge in [0.05, 0.1) is 25.2 Å². The van der Waals surface area contributed by atoms with Gasteiger partial charge in [-0.25, -0.2) is 9.18 Å². The van der Waals surface area contributed by atoms with Crippen molar-refractivity contribution in [3.8, 4) is 0 Å². The second-order valence-corrected chi connectivity index (χ2v) is 8.24. The van der Waals surface area contributed by atoms with Crippen molar-refractivity contribution < 1.29 is 18.7 Å². The Morgan fingerprint density at radius 3 is 2.54 bits per heavy atom. The number of morpholine rings is 1. The van der Waals surface area contributed by atoms with E-state index in [-0.39, 0.29) is 30.7 Å². The molecule has 1 aromatic rings. The van der Waals surface area contributed by atoms with Crippen LogP contribution in [0.3, 0.4) is 0 Å². The van der Waals surface area contributed by atoms with Crippen LogP contribution in [0.4, 0.5) is 14.9 Å². The Balaban J connectivity index is 1.13. The first-order chi connectivity index (χ1) is 13.6. The number of nitrogens with zero attached hydrogens (tertiary/aromatic N) is 3. The van der Waals surface area contributed by atoms with Crippen molar-refractivity contribution in [1.82, 2.24) is 15.1 Å². The molecule has 0 spiro atoms. The van der Waals surface area contributed by atoms with Crippen LogP contribution in [0.1, 0.15) is 17.9 Å². The molecule has 4 fully saturated rings. The zero-order valence-electron chi connectivity index (χ0n) is 15.7. The van der Waals surface area contributed by atoms with Gasteiger partial charge in [0.15, 0.2) is 0 Å². The van der Waals surface area contributed by atoms with Crippen LogP contribution in [-0.4, -0.2) is 85.9 Å². The van der Waals surface area contributed by atoms with Crippen molar-refractivity contribution in [2.45, 2.75) is 30.7 Å². The van der Waals surface area contributed by atoms with Gasteiger partial charge in [-0.1, -0.05) is 12.1 Å². The standard InChI is InChI=1S/C20H25FN4O3/c21-15-9-24(10-15)16-3-1-13(2-4-16)14-7-25(8-14)20(27)23-6-5-18-17(11-23)22-19(26)12-28-18/h1-4,14-15,17-18H,5-12H2,(H,22,26)/t17-,18+/m1/s1. The molecule has 3 amide bonds. The summed E-state index contributed by atoms with van der Waals surface area (Å²) in [5.41, 5.74) is 2.28. The minimum absolute atomic E-state index is 0.0171. The minimum Gasteiger partial charge on any atom is -0.366 e. The monoisotopic (exact) mass is 388 g/mol. The van der Waals surface area contributed by atoms with Crippen LogP contribution >= 0.6 is 0 Å². The van der Waals surface area contributed by atoms with Gasteiger partial charge in [-0.05, 0) is 24.1 Å². The lowest BCUT2D eigenvalue weighted by Gasteiger charge is -2.46. The average molecular weight is 388 g/mol. The number of rotatable bonds is 2. The Morgan fingerprint density at radius 2 is 1.82 bits per heavy atom. The van der Waals surface area contributed by atoms with Crippen molar-refractivity contribution in [3.63, 3.8) is 0 Å². The van der Waals surface area contributed by atoms with E-state index in [9.17, 15) is 14.0 Å². The summed E-state index contributed by atoms with van der Waals surface area (Å²) in [6.45, 7) is 3.67. The van der Waals surface area contributed by atoms with Gasteiger partial charge in [0.25, 0.3) is 0 Å². The number of halogens is 1. The normalized spacial score (nSPS) is 28.3. The molecular formula is C20H25FN4O3. The van der Waals surface area contributed by atoms with Gasteiger partial charge >= 0.3 is 6.03 Å². The van der Waals surface area contributed by atoms with E-state index in [1.54, 1.807) is 0 Å². The predicted molar refractivity (Wildman–Crippen MR) is 101 cm³/mol. The summed E-state index contributed by atoms with van der Waals surface area (Å²) in [4.78, 5) is 30.0. The number of benzene rings is 1. The zero-order chi connectivity index (χ0) is 19.3. The van der Waals surface area contributed by atoms with Gasteiger partial charge in [-0.15, -0.1) is 0 Å². The lowest BCUT2D eigenvalue weighted by atomic mass is 9.91. The number of anilines is 1. The van der Waals surface area contributed by atoms with E-state index < -0.39 is 6.17 Å². The molecule has 0 saturated carbocycles. The zero-order valence-corrected chi connectivity index (χ0v) is 15.7. The third kappa shape index (κ3) is 3.19. The predicted octanol–water partition coefficient (Wildman–Crippen LogP) is 0.953. The number of piperidine rings is 1. The second kappa shape index (κ2) is 6.92. The molecule has 5 rings (SSSR count). The fourth-order valence-electron chi connectivity index (χ4n) is 4.51. The Hall–Kier alpha value is -2.35. The SMILES string of the molecule is O=C1CO[C@H]2CCN(C(=O)N3CC(c4ccc(N5CC(F)C5)cc4)C3)C[C@H]2N1. The van der Waals surface area contributed by atoms with Gasteiger partial charge in [-0.2, -0.15) is 0 Å². The number of fused-ring (bicyclic) bond motifs is 1. The molecule has 28 heavy (non-hydrogen) atoms. The van der Waals surface area contributed by atoms with Crippen molar-refractivity contribution in [3.05, 3.63) is 29.8 Å². The van der Waals surface area contributed by atoms with Gasteiger partial charge in [0.2, 0.25) is 5.91 Å². The summed E-state index contributed by atoms with van der Waals surface area (Å²) >= 11 is 0. The first-order valence-electron chi connectivity index (χ1n) is 10.0. The van der Waals surface area contributed by atoms with Crippen LogP contribution in [0.5, 0.6) is 0 Å². The maximum absolute atomic E-state index is 13.0. The van der Waals surface area contributed by atoms with Gasteiger partial charge in [0.1, 0.15) is 12.8 Å². The minimum atomic E-state index is -0.704. The summed E-state index contributed by atoms with van der Waals surface area (Å²) in [5, 5.41) is 2.94. The maximum atomic E-state index is 13.0. The number of urea groups is 1. The van der Waals surface area contributed by atoms with E-state index in [1.807, 2.05) is 26.8 Å². The smallest absolute Gasteiger partial charge is 0.320 e. The Kier molecular flexibility index (Phi) is 4.38. The molecule has 0 bridgehead atoms. The third-order valence-electron chi connectivity index (χ3n) is 6.31. The number of carbonyl (C=O) groups is 2. The van der Waals surface area contributed by atoms with Crippen molar-refractivity contribution in [1.29, 1.82) is 0 Å². The molecule has 4 aliphatic rings. The molecule has 0 aliphatic carbocycles. The lowest BCUT2D eigenvalue weighted by molar-refractivity contribution is -0.139. The number of carbonyl (C=O) groups excluding carboxylic acids is 2. The summed E-state index contributed by atoms with van der Waals surface area (Å²) in [5.74, 6) is 0.238. The Bertz CT molecular complexity index is 761. The second-order valence-electron chi connectivity index (χ2n) is 8.24. The van der Waals surface area contributed by atoms with E-state index in [4.69, 9.17) is 4.74 Å². The topological polar surface area (TPSA) is 65.1 Å². The average Bonchev–Trinajstić information content (AvgIpc) is 2.64. The molecule has 4 aliphatic heterocycles. The fourth-order valence-corrected chi connectivity index (χ4v) is 4.51. The number of likely N-dealkylation sites (tertiary alicyclic amines) is 2. The molecule has 0 unspecified atom stereocenters. The fraction of sp³-hybridized carbons (Fsp3) is 0.600. The summed E-state index contributed by atoms with van der Waals surface area (Å²) in [6, 6.07) is 8.21. The number of amides is 3. The molecule has 2 atom stereocenters. The molecule has 8 heteroatoms. The van der Waals surface area contributed by atoms with Gasteiger partial charge < -0.3 is 24.8 Å². The largest absolute Gasteiger partial charge is 0.366 e. The maximum Gasteiger partial charge on any atom is 0.320 e. The molecule has 0 radical (unpaired) electrons. The van der Waals surface area contributed by atoms with Gasteiger partial charge in [-0.3, -0.25) is 4.79 Å². The quantitative estimate of drug-likeness (QED) is 0.820. The molecule has 150 valence electrons. The van der Waals surface area contributed by atoms with E-state index in [1.165, 1.54) is 5.56 Å². The number of nitrogens with one attached hydrogen (secondary N) is 1. The highest BCUT2D eigenvalue weighted by Crippen LogP contribution is 2.31. The highest BCUT2D eigenvalue weighted by Gasteiger charge is 2.40. The number of alkyl halides is 1. The first-order valence-corrected chi connectivity index (χ1v) is 10.0. The first kappa shape index (κ1) is 17.7. The van der Waals surface area contributed by atoms with E-state index >= 15 is 0 Å². The molecule has 1 aromatic carbocycles. The van der Waals surface area contributed by atoms with Crippen LogP contribution in [0.25, 0.3) is 0 Å². The number of hydrogen-bond acceptors (Lipinski definition) is 4. The molecule has 1 N–H and O–H groups in total. The summed E-state index contributed by atoms with van der Waals surface area (Å²) in [7, 11) is 0. The molecule has 4 saturated heterocycles. The van der Waals surface area contributed by atoms with Crippen LogP contribution in [0.2, 0.25) is 0 Å². The Labute approximate surface area is 163 Å². The van der Waals surface area contributed by atoms with Crippen LogP contribution < -0.4 is 10.2 Å². The van der Waals surface area contributed by atoms with E-state index in [0.717, 1.165) is 12.1 Å². The number of hydrogen-bond donors (Lipinski definition) is 1.